The van der Waals surface area contributed by atoms with Gasteiger partial charge in [0, 0.05) is 11.9 Å². The molecule has 0 atom stereocenters. The van der Waals surface area contributed by atoms with Crippen LogP contribution in [0.4, 0.5) is 0 Å². The molecule has 0 unspecified atom stereocenters. The normalized spacial score (nSPS) is 11.3. The molecular formula is C7H6Cl2N2O2. The van der Waals surface area contributed by atoms with Gasteiger partial charge in [-0.15, -0.1) is 0 Å². The van der Waals surface area contributed by atoms with Gasteiger partial charge in [-0.2, -0.15) is 0 Å². The van der Waals surface area contributed by atoms with Gasteiger partial charge in [-0.3, -0.25) is 15.1 Å². The Morgan fingerprint density at radius 2 is 2.23 bits per heavy atom. The Balaban J connectivity index is 3.14. The van der Waals surface area contributed by atoms with Crippen LogP contribution in [0.5, 0.6) is 0 Å². The van der Waals surface area contributed by atoms with E-state index in [1.54, 1.807) is 6.92 Å². The highest BCUT2D eigenvalue weighted by Gasteiger charge is 2.40. The molecular weight excluding hydrogens is 215 g/mol. The first-order valence-corrected chi connectivity index (χ1v) is 4.15. The molecule has 70 valence electrons. The Morgan fingerprint density at radius 1 is 1.62 bits per heavy atom. The van der Waals surface area contributed by atoms with Gasteiger partial charge in [0.15, 0.2) is 0 Å². The number of rotatable bonds is 2. The van der Waals surface area contributed by atoms with E-state index >= 15 is 0 Å². The second-order valence-corrected chi connectivity index (χ2v) is 3.77. The van der Waals surface area contributed by atoms with Gasteiger partial charge in [-0.25, -0.2) is 0 Å². The van der Waals surface area contributed by atoms with Crippen LogP contribution in [-0.2, 0) is 4.46 Å². The average molecular weight is 221 g/mol. The molecule has 6 heteroatoms. The van der Waals surface area contributed by atoms with Crippen LogP contribution in [0.15, 0.2) is 18.3 Å². The van der Waals surface area contributed by atoms with E-state index < -0.39 is 9.38 Å². The summed E-state index contributed by atoms with van der Waals surface area (Å²) in [5.41, 5.74) is 0.846. The molecule has 0 saturated carbocycles. The number of halogens is 2. The number of nitro groups is 1. The highest BCUT2D eigenvalue weighted by atomic mass is 35.5. The highest BCUT2D eigenvalue weighted by molar-refractivity contribution is 6.46. The van der Waals surface area contributed by atoms with Crippen molar-refractivity contribution in [2.24, 2.45) is 0 Å². The van der Waals surface area contributed by atoms with E-state index in [4.69, 9.17) is 23.2 Å². The predicted molar refractivity (Wildman–Crippen MR) is 49.4 cm³/mol. The third-order valence-corrected chi connectivity index (χ3v) is 2.19. The molecule has 1 rings (SSSR count). The van der Waals surface area contributed by atoms with E-state index in [1.165, 1.54) is 18.3 Å². The second-order valence-electron chi connectivity index (χ2n) is 2.48. The molecule has 0 spiro atoms. The Bertz CT molecular complexity index is 341. The van der Waals surface area contributed by atoms with E-state index in [-0.39, 0.29) is 5.56 Å². The first-order valence-electron chi connectivity index (χ1n) is 3.40. The minimum atomic E-state index is -2.09. The van der Waals surface area contributed by atoms with Crippen LogP contribution < -0.4 is 0 Å². The molecule has 0 bridgehead atoms. The maximum absolute atomic E-state index is 10.5. The van der Waals surface area contributed by atoms with Crippen LogP contribution in [0.3, 0.4) is 0 Å². The molecule has 4 nitrogen and oxygen atoms in total. The smallest absolute Gasteiger partial charge is 0.262 e. The monoisotopic (exact) mass is 220 g/mol. The van der Waals surface area contributed by atoms with Crippen molar-refractivity contribution in [3.8, 4) is 0 Å². The van der Waals surface area contributed by atoms with Gasteiger partial charge in [-0.1, -0.05) is 0 Å². The predicted octanol–water partition coefficient (Wildman–Crippen LogP) is 2.25. The molecule has 0 aromatic carbocycles. The standard InChI is InChI=1S/C7H6Cl2N2O2/c1-5-4-6(2-3-10-5)7(8,9)11(12)13/h2-4H,1H3. The maximum Gasteiger partial charge on any atom is 0.396 e. The molecule has 1 aromatic rings. The van der Waals surface area contributed by atoms with Crippen LogP contribution in [-0.4, -0.2) is 9.91 Å². The van der Waals surface area contributed by atoms with Crippen LogP contribution in [0.25, 0.3) is 0 Å². The van der Waals surface area contributed by atoms with Crippen LogP contribution in [0, 0.1) is 17.0 Å². The summed E-state index contributed by atoms with van der Waals surface area (Å²) in [4.78, 5) is 13.6. The summed E-state index contributed by atoms with van der Waals surface area (Å²) in [6.45, 7) is 1.70. The van der Waals surface area contributed by atoms with Gasteiger partial charge in [0.25, 0.3) is 0 Å². The molecule has 0 N–H and O–H groups in total. The van der Waals surface area contributed by atoms with Crippen molar-refractivity contribution in [3.05, 3.63) is 39.7 Å². The van der Waals surface area contributed by atoms with Crippen molar-refractivity contribution >= 4 is 23.2 Å². The van der Waals surface area contributed by atoms with Crippen molar-refractivity contribution in [3.63, 3.8) is 0 Å². The lowest BCUT2D eigenvalue weighted by Gasteiger charge is -2.10. The van der Waals surface area contributed by atoms with Crippen LogP contribution in [0.1, 0.15) is 11.3 Å². The van der Waals surface area contributed by atoms with Crippen LogP contribution in [0.2, 0.25) is 0 Å². The van der Waals surface area contributed by atoms with Crippen LogP contribution >= 0.6 is 23.2 Å². The van der Waals surface area contributed by atoms with Gasteiger partial charge in [-0.05, 0) is 42.3 Å². The van der Waals surface area contributed by atoms with Gasteiger partial charge in [0.1, 0.15) is 0 Å². The van der Waals surface area contributed by atoms with Crippen molar-refractivity contribution < 1.29 is 4.92 Å². The Hall–Kier alpha value is -0.870. The fraction of sp³-hybridized carbons (Fsp3) is 0.286. The average Bonchev–Trinajstić information content (AvgIpc) is 2.04. The molecule has 1 aromatic heterocycles. The summed E-state index contributed by atoms with van der Waals surface area (Å²) < 4.78 is -2.09. The minimum Gasteiger partial charge on any atom is -0.262 e. The largest absolute Gasteiger partial charge is 0.396 e. The van der Waals surface area contributed by atoms with Crippen molar-refractivity contribution in [1.82, 2.24) is 4.98 Å². The maximum atomic E-state index is 10.5. The number of nitrogens with zero attached hydrogens (tertiary/aromatic N) is 2. The van der Waals surface area contributed by atoms with E-state index in [1.807, 2.05) is 0 Å². The highest BCUT2D eigenvalue weighted by Crippen LogP contribution is 2.33. The molecule has 0 fully saturated rings. The van der Waals surface area contributed by atoms with E-state index in [0.29, 0.717) is 5.69 Å². The summed E-state index contributed by atoms with van der Waals surface area (Å²) >= 11 is 11.0. The fourth-order valence-corrected chi connectivity index (χ4v) is 1.07. The number of aromatic nitrogens is 1. The molecule has 13 heavy (non-hydrogen) atoms. The Morgan fingerprint density at radius 3 is 2.69 bits per heavy atom. The molecule has 0 aliphatic heterocycles. The first-order chi connectivity index (χ1) is 5.94. The van der Waals surface area contributed by atoms with E-state index in [2.05, 4.69) is 4.98 Å². The summed E-state index contributed by atoms with van der Waals surface area (Å²) in [7, 11) is 0. The van der Waals surface area contributed by atoms with Crippen molar-refractivity contribution in [1.29, 1.82) is 0 Å². The lowest BCUT2D eigenvalue weighted by Crippen LogP contribution is -2.22. The molecule has 0 radical (unpaired) electrons. The number of pyridine rings is 1. The molecule has 1 heterocycles. The SMILES string of the molecule is Cc1cc(C(Cl)(Cl)[N+](=O)[O-])ccn1. The molecule has 0 amide bonds. The number of alkyl halides is 2. The van der Waals surface area contributed by atoms with E-state index in [9.17, 15) is 10.1 Å². The Labute approximate surface area is 84.6 Å². The van der Waals surface area contributed by atoms with Gasteiger partial charge in [0.2, 0.25) is 0 Å². The van der Waals surface area contributed by atoms with Gasteiger partial charge < -0.3 is 0 Å². The van der Waals surface area contributed by atoms with Gasteiger partial charge >= 0.3 is 4.46 Å². The lowest BCUT2D eigenvalue weighted by atomic mass is 10.2. The summed E-state index contributed by atoms with van der Waals surface area (Å²) in [5, 5.41) is 10.5. The summed E-state index contributed by atoms with van der Waals surface area (Å²) in [5.74, 6) is 0. The molecule has 0 aliphatic carbocycles. The fourth-order valence-electron chi connectivity index (χ4n) is 0.838. The molecule has 0 aliphatic rings. The first kappa shape index (κ1) is 10.2. The quantitative estimate of drug-likeness (QED) is 0.333. The number of hydrogen-bond donors (Lipinski definition) is 0. The number of aryl methyl sites for hydroxylation is 1. The van der Waals surface area contributed by atoms with E-state index in [0.717, 1.165) is 0 Å². The second kappa shape index (κ2) is 3.47. The zero-order valence-electron chi connectivity index (χ0n) is 6.70. The third-order valence-electron chi connectivity index (χ3n) is 1.47. The number of hydrogen-bond acceptors (Lipinski definition) is 3. The zero-order valence-corrected chi connectivity index (χ0v) is 8.21. The van der Waals surface area contributed by atoms with Crippen molar-refractivity contribution in [2.45, 2.75) is 11.4 Å². The Kier molecular flexibility index (Phi) is 2.73. The summed E-state index contributed by atoms with van der Waals surface area (Å²) in [6, 6.07) is 2.89. The third kappa shape index (κ3) is 2.08. The topological polar surface area (TPSA) is 56.0 Å². The summed E-state index contributed by atoms with van der Waals surface area (Å²) in [6.07, 6.45) is 1.42. The lowest BCUT2D eigenvalue weighted by molar-refractivity contribution is -0.523. The minimum absolute atomic E-state index is 0.216. The zero-order chi connectivity index (χ0) is 10.1. The van der Waals surface area contributed by atoms with Crippen molar-refractivity contribution in [2.75, 3.05) is 0 Å². The molecule has 0 saturated heterocycles. The van der Waals surface area contributed by atoms with Gasteiger partial charge in [0.05, 0.1) is 10.5 Å².